The summed E-state index contributed by atoms with van der Waals surface area (Å²) in [6.45, 7) is 0. The molecule has 0 spiro atoms. The van der Waals surface area contributed by atoms with Crippen LogP contribution in [0.4, 0.5) is 13.2 Å². The first-order chi connectivity index (χ1) is 8.24. The molecule has 0 N–H and O–H groups in total. The minimum atomic E-state index is -4.24. The lowest BCUT2D eigenvalue weighted by atomic mass is 10.1. The molecule has 18 heavy (non-hydrogen) atoms. The average molecular weight is 322 g/mol. The second kappa shape index (κ2) is 6.22. The fraction of sp³-hybridized carbons (Fsp3) is 0.455. The molecule has 1 unspecified atom stereocenters. The van der Waals surface area contributed by atoms with Gasteiger partial charge in [0, 0.05) is 17.5 Å². The molecule has 0 saturated heterocycles. The maximum atomic E-state index is 12.1. The van der Waals surface area contributed by atoms with Crippen LogP contribution in [0.2, 0.25) is 10.0 Å². The third-order valence-electron chi connectivity index (χ3n) is 2.29. The predicted molar refractivity (Wildman–Crippen MR) is 66.9 cm³/mol. The van der Waals surface area contributed by atoms with E-state index in [-0.39, 0.29) is 16.5 Å². The second-order valence-corrected chi connectivity index (χ2v) is 4.97. The zero-order chi connectivity index (χ0) is 13.9. The van der Waals surface area contributed by atoms with Crippen LogP contribution in [0.25, 0.3) is 0 Å². The molecule has 1 aromatic rings. The number of hydrogen-bond acceptors (Lipinski definition) is 1. The lowest BCUT2D eigenvalue weighted by molar-refractivity contribution is -0.135. The van der Waals surface area contributed by atoms with Crippen molar-refractivity contribution in [1.29, 1.82) is 0 Å². The van der Waals surface area contributed by atoms with Crippen molar-refractivity contribution < 1.29 is 17.9 Å². The highest BCUT2D eigenvalue weighted by atomic mass is 35.5. The zero-order valence-corrected chi connectivity index (χ0v) is 11.6. The molecule has 0 heterocycles. The number of ether oxygens (including phenoxy) is 1. The van der Waals surface area contributed by atoms with E-state index in [2.05, 4.69) is 0 Å². The first-order valence-corrected chi connectivity index (χ1v) is 6.17. The Hall–Kier alpha value is -0.320. The maximum Gasteiger partial charge on any atom is 0.389 e. The number of halogens is 6. The van der Waals surface area contributed by atoms with Crippen molar-refractivity contribution in [3.05, 3.63) is 27.7 Å². The van der Waals surface area contributed by atoms with E-state index in [9.17, 15) is 13.2 Å². The minimum absolute atomic E-state index is 0.235. The molecular weight excluding hydrogens is 311 g/mol. The maximum absolute atomic E-state index is 12.1. The second-order valence-electron chi connectivity index (χ2n) is 3.63. The van der Waals surface area contributed by atoms with Gasteiger partial charge in [-0.05, 0) is 18.1 Å². The highest BCUT2D eigenvalue weighted by Crippen LogP contribution is 2.39. The summed E-state index contributed by atoms with van der Waals surface area (Å²) in [5, 5.41) is -0.351. The molecule has 7 heteroatoms. The summed E-state index contributed by atoms with van der Waals surface area (Å²) in [7, 11) is 1.42. The Morgan fingerprint density at radius 1 is 1.22 bits per heavy atom. The normalized spacial score (nSPS) is 13.5. The van der Waals surface area contributed by atoms with Gasteiger partial charge in [0.25, 0.3) is 0 Å². The zero-order valence-electron chi connectivity index (χ0n) is 9.32. The smallest absolute Gasteiger partial charge is 0.389 e. The molecule has 0 aliphatic heterocycles. The van der Waals surface area contributed by atoms with E-state index in [0.717, 1.165) is 0 Å². The van der Waals surface area contributed by atoms with Crippen LogP contribution in [0, 0.1) is 0 Å². The Bertz CT molecular complexity index is 421. The van der Waals surface area contributed by atoms with Crippen molar-refractivity contribution in [1.82, 2.24) is 0 Å². The molecule has 0 aliphatic rings. The molecule has 0 bridgehead atoms. The van der Waals surface area contributed by atoms with Crippen LogP contribution in [0.5, 0.6) is 5.75 Å². The molecule has 0 aliphatic carbocycles. The van der Waals surface area contributed by atoms with E-state index >= 15 is 0 Å². The van der Waals surface area contributed by atoms with Crippen molar-refractivity contribution in [3.63, 3.8) is 0 Å². The molecule has 1 rings (SSSR count). The lowest BCUT2D eigenvalue weighted by Gasteiger charge is -2.15. The Balaban J connectivity index is 2.86. The van der Waals surface area contributed by atoms with Crippen LogP contribution in [0.3, 0.4) is 0 Å². The molecule has 1 atom stereocenters. The number of benzene rings is 1. The van der Waals surface area contributed by atoms with E-state index in [4.69, 9.17) is 39.5 Å². The van der Waals surface area contributed by atoms with E-state index < -0.39 is 18.0 Å². The van der Waals surface area contributed by atoms with Gasteiger partial charge >= 0.3 is 6.18 Å². The van der Waals surface area contributed by atoms with Crippen molar-refractivity contribution in [2.24, 2.45) is 0 Å². The van der Waals surface area contributed by atoms with E-state index in [1.807, 2.05) is 0 Å². The third kappa shape index (κ3) is 4.41. The van der Waals surface area contributed by atoms with Gasteiger partial charge in [-0.1, -0.05) is 23.2 Å². The van der Waals surface area contributed by atoms with Gasteiger partial charge < -0.3 is 4.74 Å². The summed E-state index contributed by atoms with van der Waals surface area (Å²) < 4.78 is 41.2. The van der Waals surface area contributed by atoms with Gasteiger partial charge in [0.05, 0.1) is 17.5 Å². The van der Waals surface area contributed by atoms with E-state index in [1.165, 1.54) is 19.2 Å². The van der Waals surface area contributed by atoms with Gasteiger partial charge in [0.15, 0.2) is 0 Å². The molecule has 0 aromatic heterocycles. The Morgan fingerprint density at radius 2 is 1.83 bits per heavy atom. The summed E-state index contributed by atoms with van der Waals surface area (Å²) in [5.41, 5.74) is 0.369. The van der Waals surface area contributed by atoms with Crippen molar-refractivity contribution in [3.8, 4) is 5.75 Å². The fourth-order valence-electron chi connectivity index (χ4n) is 1.39. The molecule has 0 radical (unpaired) electrons. The van der Waals surface area contributed by atoms with Gasteiger partial charge in [-0.15, -0.1) is 11.6 Å². The lowest BCUT2D eigenvalue weighted by Crippen LogP contribution is -2.08. The summed E-state index contributed by atoms with van der Waals surface area (Å²) in [4.78, 5) is 0. The third-order valence-corrected chi connectivity index (χ3v) is 3.37. The van der Waals surface area contributed by atoms with Crippen LogP contribution in [-0.2, 0) is 0 Å². The molecule has 1 nitrogen and oxygen atoms in total. The topological polar surface area (TPSA) is 9.23 Å². The molecule has 0 saturated carbocycles. The van der Waals surface area contributed by atoms with Gasteiger partial charge in [-0.2, -0.15) is 13.2 Å². The van der Waals surface area contributed by atoms with Gasteiger partial charge in [0.1, 0.15) is 5.75 Å². The number of rotatable bonds is 4. The first-order valence-electron chi connectivity index (χ1n) is 4.98. The standard InChI is InChI=1S/C11H10Cl3F3O/c1-18-10-5-8(13)6(4-9(10)14)7(12)2-3-11(15,16)17/h4-5,7H,2-3H2,1H3. The summed E-state index contributed by atoms with van der Waals surface area (Å²) >= 11 is 17.7. The Kier molecular flexibility index (Phi) is 5.44. The number of hydrogen-bond donors (Lipinski definition) is 0. The van der Waals surface area contributed by atoms with Crippen LogP contribution >= 0.6 is 34.8 Å². The molecule has 0 amide bonds. The SMILES string of the molecule is COc1cc(Cl)c(C(Cl)CCC(F)(F)F)cc1Cl. The molecule has 1 aromatic carbocycles. The van der Waals surface area contributed by atoms with Gasteiger partial charge in [-0.3, -0.25) is 0 Å². The molecular formula is C11H10Cl3F3O. The summed E-state index contributed by atoms with van der Waals surface area (Å²) in [6.07, 6.45) is -5.47. The fourth-order valence-corrected chi connectivity index (χ4v) is 2.27. The van der Waals surface area contributed by atoms with Crippen LogP contribution < -0.4 is 4.74 Å². The van der Waals surface area contributed by atoms with Crippen molar-refractivity contribution in [2.45, 2.75) is 24.4 Å². The predicted octanol–water partition coefficient (Wildman–Crippen LogP) is 5.62. The quantitative estimate of drug-likeness (QED) is 0.654. The van der Waals surface area contributed by atoms with Crippen molar-refractivity contribution >= 4 is 34.8 Å². The molecule has 102 valence electrons. The van der Waals surface area contributed by atoms with E-state index in [0.29, 0.717) is 11.3 Å². The highest BCUT2D eigenvalue weighted by Gasteiger charge is 2.29. The number of methoxy groups -OCH3 is 1. The Labute approximate surface area is 118 Å². The minimum Gasteiger partial charge on any atom is -0.495 e. The first kappa shape index (κ1) is 15.7. The largest absolute Gasteiger partial charge is 0.495 e. The van der Waals surface area contributed by atoms with Crippen molar-refractivity contribution in [2.75, 3.05) is 7.11 Å². The summed E-state index contributed by atoms with van der Waals surface area (Å²) in [6, 6.07) is 2.86. The van der Waals surface area contributed by atoms with Crippen LogP contribution in [0.15, 0.2) is 12.1 Å². The average Bonchev–Trinajstić information content (AvgIpc) is 2.27. The monoisotopic (exact) mass is 320 g/mol. The molecule has 0 fully saturated rings. The van der Waals surface area contributed by atoms with Gasteiger partial charge in [0.2, 0.25) is 0 Å². The van der Waals surface area contributed by atoms with Crippen LogP contribution in [-0.4, -0.2) is 13.3 Å². The Morgan fingerprint density at radius 3 is 2.33 bits per heavy atom. The van der Waals surface area contributed by atoms with E-state index in [1.54, 1.807) is 0 Å². The number of alkyl halides is 4. The van der Waals surface area contributed by atoms with Crippen LogP contribution in [0.1, 0.15) is 23.8 Å². The van der Waals surface area contributed by atoms with Gasteiger partial charge in [-0.25, -0.2) is 0 Å². The summed E-state index contributed by atoms with van der Waals surface area (Å²) in [5.74, 6) is 0.352. The highest BCUT2D eigenvalue weighted by molar-refractivity contribution is 6.35.